The number of benzene rings is 4. The van der Waals surface area contributed by atoms with Crippen LogP contribution in [0.3, 0.4) is 0 Å². The molecule has 0 saturated heterocycles. The molecule has 4 aromatic carbocycles. The predicted molar refractivity (Wildman–Crippen MR) is 146 cm³/mol. The van der Waals surface area contributed by atoms with Gasteiger partial charge in [0.15, 0.2) is 0 Å². The summed E-state index contributed by atoms with van der Waals surface area (Å²) in [6.07, 6.45) is 1.83. The van der Waals surface area contributed by atoms with Crippen molar-refractivity contribution in [2.24, 2.45) is 0 Å². The molecular weight excluding hydrogens is 513 g/mol. The summed E-state index contributed by atoms with van der Waals surface area (Å²) in [4.78, 5) is 28.8. The van der Waals surface area contributed by atoms with Gasteiger partial charge in [-0.2, -0.15) is 0 Å². The number of allylic oxidation sites excluding steroid dienone is 1. The second-order valence-electron chi connectivity index (χ2n) is 8.91. The molecule has 2 heterocycles. The van der Waals surface area contributed by atoms with E-state index in [-0.39, 0.29) is 31.6 Å². The molecule has 166 valence electrons. The van der Waals surface area contributed by atoms with Crippen molar-refractivity contribution in [2.75, 3.05) is 4.90 Å². The number of hydrogen-bond donors (Lipinski definition) is 0. The number of Topliss-reactive ketones (excluding diaryl/α,β-unsaturated/α-hetero) is 2. The monoisotopic (exact) mass is 533 g/mol. The number of carbonyl (C=O) groups is 2. The van der Waals surface area contributed by atoms with Crippen molar-refractivity contribution in [3.8, 4) is 0 Å². The summed E-state index contributed by atoms with van der Waals surface area (Å²) in [5.41, 5.74) is 3.84. The van der Waals surface area contributed by atoms with E-state index in [9.17, 15) is 9.59 Å². The first-order valence-corrected chi connectivity index (χ1v) is 14.7. The SMILES string of the molecule is O=C1C(=Cc2ccc(N3c4ccccc4[SiH2]c4ccccc43)[se]2)C(=O)c2cc3ccccc3cc21. The Balaban J connectivity index is 1.30. The third kappa shape index (κ3) is 3.24. The van der Waals surface area contributed by atoms with Gasteiger partial charge in [0.2, 0.25) is 0 Å². The molecule has 0 fully saturated rings. The average molecular weight is 533 g/mol. The number of carbonyl (C=O) groups excluding carboxylic acids is 2. The molecular formula is C30H19NO2SeSi. The van der Waals surface area contributed by atoms with Gasteiger partial charge in [0.1, 0.15) is 0 Å². The van der Waals surface area contributed by atoms with Gasteiger partial charge in [-0.3, -0.25) is 0 Å². The number of nitrogens with zero attached hydrogens (tertiary/aromatic N) is 1. The molecule has 0 spiro atoms. The Morgan fingerprint density at radius 1 is 0.657 bits per heavy atom. The Bertz CT molecular complexity index is 1630. The van der Waals surface area contributed by atoms with Crippen molar-refractivity contribution in [1.82, 2.24) is 0 Å². The quantitative estimate of drug-likeness (QED) is 0.190. The second kappa shape index (κ2) is 7.89. The predicted octanol–water partition coefficient (Wildman–Crippen LogP) is 4.26. The molecule has 1 aliphatic heterocycles. The molecule has 0 bridgehead atoms. The number of hydrogen-bond acceptors (Lipinski definition) is 3. The third-order valence-electron chi connectivity index (χ3n) is 6.83. The van der Waals surface area contributed by atoms with Gasteiger partial charge >= 0.3 is 211 Å². The van der Waals surface area contributed by atoms with Gasteiger partial charge in [-0.05, 0) is 0 Å². The summed E-state index contributed by atoms with van der Waals surface area (Å²) in [7, 11) is -0.524. The molecule has 1 aliphatic carbocycles. The first-order chi connectivity index (χ1) is 17.2. The molecule has 0 atom stereocenters. The van der Waals surface area contributed by atoms with Crippen LogP contribution in [0.5, 0.6) is 0 Å². The minimum atomic E-state index is -0.524. The van der Waals surface area contributed by atoms with E-state index in [0.29, 0.717) is 11.1 Å². The van der Waals surface area contributed by atoms with E-state index in [4.69, 9.17) is 0 Å². The molecule has 5 aromatic rings. The standard InChI is InChI=1S/C30H19NO2SeSi/c32-29-21-15-18-7-1-2-8-19(18)16-22(21)30(33)23(29)17-20-13-14-28(34-20)31-24-9-3-5-11-26(24)35-27-12-6-4-10-25(27)31/h1-17H,35H2. The summed E-state index contributed by atoms with van der Waals surface area (Å²) in [5, 5.41) is 4.84. The molecule has 0 saturated carbocycles. The summed E-state index contributed by atoms with van der Waals surface area (Å²) in [5.74, 6) is -0.332. The number of para-hydroxylation sites is 2. The normalized spacial score (nSPS) is 14.2. The summed E-state index contributed by atoms with van der Waals surface area (Å²) in [6, 6.07) is 33.1. The van der Waals surface area contributed by atoms with Crippen LogP contribution in [0.25, 0.3) is 16.8 Å². The molecule has 0 radical (unpaired) electrons. The van der Waals surface area contributed by atoms with Crippen molar-refractivity contribution in [3.63, 3.8) is 0 Å². The van der Waals surface area contributed by atoms with Crippen LogP contribution in [0.1, 0.15) is 25.2 Å². The van der Waals surface area contributed by atoms with E-state index < -0.39 is 9.52 Å². The Morgan fingerprint density at radius 3 is 1.80 bits per heavy atom. The van der Waals surface area contributed by atoms with E-state index in [1.807, 2.05) is 42.5 Å². The first kappa shape index (κ1) is 20.6. The fraction of sp³-hybridized carbons (Fsp3) is 0. The van der Waals surface area contributed by atoms with Crippen molar-refractivity contribution < 1.29 is 9.59 Å². The zero-order valence-corrected chi connectivity index (χ0v) is 21.8. The minimum absolute atomic E-state index is 0.0217. The fourth-order valence-corrected chi connectivity index (χ4v) is 9.04. The van der Waals surface area contributed by atoms with Crippen LogP contribution < -0.4 is 15.3 Å². The number of rotatable bonds is 2. The fourth-order valence-electron chi connectivity index (χ4n) is 5.15. The summed E-state index contributed by atoms with van der Waals surface area (Å²) < 4.78 is 2.26. The van der Waals surface area contributed by atoms with Gasteiger partial charge in [-0.1, -0.05) is 0 Å². The third-order valence-corrected chi connectivity index (χ3v) is 10.9. The van der Waals surface area contributed by atoms with Gasteiger partial charge < -0.3 is 0 Å². The Labute approximate surface area is 210 Å². The van der Waals surface area contributed by atoms with Crippen LogP contribution in [-0.2, 0) is 0 Å². The van der Waals surface area contributed by atoms with Crippen LogP contribution >= 0.6 is 0 Å². The Morgan fingerprint density at radius 2 is 1.20 bits per heavy atom. The van der Waals surface area contributed by atoms with Crippen LogP contribution in [0.4, 0.5) is 15.9 Å². The van der Waals surface area contributed by atoms with Gasteiger partial charge in [0, 0.05) is 0 Å². The molecule has 0 N–H and O–H groups in total. The summed E-state index contributed by atoms with van der Waals surface area (Å²) in [6.45, 7) is 0. The molecule has 1 aromatic heterocycles. The molecule has 35 heavy (non-hydrogen) atoms. The molecule has 0 unspecified atom stereocenters. The van der Waals surface area contributed by atoms with Crippen molar-refractivity contribution in [1.29, 1.82) is 0 Å². The van der Waals surface area contributed by atoms with E-state index in [1.54, 1.807) is 0 Å². The van der Waals surface area contributed by atoms with Crippen molar-refractivity contribution >= 4 is 78.7 Å². The topological polar surface area (TPSA) is 37.4 Å². The molecule has 0 amide bonds. The first-order valence-electron chi connectivity index (χ1n) is 11.6. The van der Waals surface area contributed by atoms with Crippen LogP contribution in [0.15, 0.2) is 103 Å². The molecule has 5 heteroatoms. The van der Waals surface area contributed by atoms with Crippen molar-refractivity contribution in [3.05, 3.63) is 118 Å². The van der Waals surface area contributed by atoms with Gasteiger partial charge in [-0.15, -0.1) is 0 Å². The number of fused-ring (bicyclic) bond motifs is 4. The van der Waals surface area contributed by atoms with Crippen LogP contribution in [0.2, 0.25) is 0 Å². The second-order valence-corrected chi connectivity index (χ2v) is 13.1. The zero-order valence-electron chi connectivity index (χ0n) is 18.7. The average Bonchev–Trinajstić information content (AvgIpc) is 3.44. The van der Waals surface area contributed by atoms with Crippen LogP contribution in [-0.4, -0.2) is 35.6 Å². The van der Waals surface area contributed by atoms with Gasteiger partial charge in [0.05, 0.1) is 0 Å². The van der Waals surface area contributed by atoms with Crippen molar-refractivity contribution in [2.45, 2.75) is 0 Å². The van der Waals surface area contributed by atoms with E-state index >= 15 is 0 Å². The Kier molecular flexibility index (Phi) is 4.64. The maximum atomic E-state index is 13.2. The number of ketones is 2. The maximum absolute atomic E-state index is 13.2. The number of anilines is 3. The van der Waals surface area contributed by atoms with Gasteiger partial charge in [-0.25, -0.2) is 0 Å². The summed E-state index contributed by atoms with van der Waals surface area (Å²) >= 11 is -0.0217. The Hall–Kier alpha value is -3.76. The van der Waals surface area contributed by atoms with E-state index in [0.717, 1.165) is 15.2 Å². The van der Waals surface area contributed by atoms with E-state index in [2.05, 4.69) is 65.6 Å². The zero-order chi connectivity index (χ0) is 23.5. The van der Waals surface area contributed by atoms with Crippen LogP contribution in [0, 0.1) is 0 Å². The van der Waals surface area contributed by atoms with Gasteiger partial charge in [0.25, 0.3) is 0 Å². The molecule has 3 nitrogen and oxygen atoms in total. The van der Waals surface area contributed by atoms with E-state index in [1.165, 1.54) is 26.3 Å². The molecule has 7 rings (SSSR count). The molecule has 2 aliphatic rings.